The minimum atomic E-state index is -1.49. The number of nitrogens with zero attached hydrogens (tertiary/aromatic N) is 10. The highest BCUT2D eigenvalue weighted by Gasteiger charge is 2.48. The summed E-state index contributed by atoms with van der Waals surface area (Å²) in [6.45, 7) is 0.428. The van der Waals surface area contributed by atoms with Crippen LogP contribution >= 0.6 is 0 Å². The Morgan fingerprint density at radius 1 is 0.909 bits per heavy atom. The van der Waals surface area contributed by atoms with E-state index < -0.39 is 55.3 Å². The lowest BCUT2D eigenvalue weighted by Gasteiger charge is -2.44. The maximum absolute atomic E-state index is 13.3. The fourth-order valence-electron chi connectivity index (χ4n) is 5.01. The molecule has 2 aliphatic heterocycles. The molecule has 0 saturated carbocycles. The van der Waals surface area contributed by atoms with Crippen LogP contribution in [0.5, 0.6) is 0 Å². The number of carbonyl (C=O) groups excluding carboxylic acids is 1. The number of carbonyl (C=O) groups is 1. The number of aliphatic hydroxyl groups is 1. The quantitative estimate of drug-likeness (QED) is 0.195. The van der Waals surface area contributed by atoms with E-state index in [1.54, 1.807) is 0 Å². The fraction of sp³-hybridized carbons (Fsp3) is 0.519. The molecule has 0 aromatic heterocycles. The van der Waals surface area contributed by atoms with E-state index in [1.165, 1.54) is 12.0 Å². The first kappa shape index (κ1) is 32.4. The number of hydrogen-bond acceptors (Lipinski definition) is 10. The molecule has 2 fully saturated rings. The lowest BCUT2D eigenvalue weighted by atomic mass is 10.0. The number of methoxy groups -OCH3 is 1. The molecule has 44 heavy (non-hydrogen) atoms. The van der Waals surface area contributed by atoms with Crippen molar-refractivity contribution in [1.29, 1.82) is 0 Å². The molecular weight excluding hydrogens is 576 g/mol. The van der Waals surface area contributed by atoms with Gasteiger partial charge in [-0.1, -0.05) is 76.0 Å². The molecule has 2 aromatic carbocycles. The van der Waals surface area contributed by atoms with Crippen LogP contribution in [0.3, 0.4) is 0 Å². The molecule has 1 amide bonds. The molecule has 0 aliphatic carbocycles. The fourth-order valence-corrected chi connectivity index (χ4v) is 5.01. The molecule has 2 heterocycles. The summed E-state index contributed by atoms with van der Waals surface area (Å²) < 4.78 is 28.7. The van der Waals surface area contributed by atoms with Crippen LogP contribution in [0.25, 0.3) is 31.3 Å². The second-order valence-corrected chi connectivity index (χ2v) is 10.0. The summed E-state index contributed by atoms with van der Waals surface area (Å²) in [4.78, 5) is 23.1. The van der Waals surface area contributed by atoms with Crippen molar-refractivity contribution in [3.63, 3.8) is 0 Å². The highest BCUT2D eigenvalue weighted by atomic mass is 16.7. The zero-order valence-corrected chi connectivity index (χ0v) is 23.8. The SMILES string of the molecule is CO[C@@H]1[C@@H](O)[C@H](O[C@H]2O[C@H](CN(Cc3ccccc3)C(=O)OCc3ccccc3)CC[C@H]2N=[N+]=[N-])[C@@H](N=[N+]=[N-])O[C@H]1N=[N+]=[N-]. The summed E-state index contributed by atoms with van der Waals surface area (Å²) >= 11 is 0. The lowest BCUT2D eigenvalue weighted by Crippen LogP contribution is -2.60. The van der Waals surface area contributed by atoms with Crippen LogP contribution in [0.1, 0.15) is 24.0 Å². The van der Waals surface area contributed by atoms with Crippen molar-refractivity contribution >= 4 is 6.09 Å². The largest absolute Gasteiger partial charge is 0.445 e. The number of aliphatic hydroxyl groups excluding tert-OH is 1. The highest BCUT2D eigenvalue weighted by molar-refractivity contribution is 5.67. The summed E-state index contributed by atoms with van der Waals surface area (Å²) in [6, 6.07) is 17.9. The maximum Gasteiger partial charge on any atom is 0.410 e. The topological polar surface area (TPSA) is 233 Å². The summed E-state index contributed by atoms with van der Waals surface area (Å²) in [5.74, 6) is 0. The van der Waals surface area contributed by atoms with Gasteiger partial charge in [0.25, 0.3) is 0 Å². The molecule has 4 rings (SSSR count). The number of azide groups is 3. The van der Waals surface area contributed by atoms with Crippen LogP contribution < -0.4 is 0 Å². The van der Waals surface area contributed by atoms with E-state index in [-0.39, 0.29) is 19.7 Å². The van der Waals surface area contributed by atoms with Gasteiger partial charge in [0.05, 0.1) is 18.7 Å². The lowest BCUT2D eigenvalue weighted by molar-refractivity contribution is -0.296. The molecule has 2 aliphatic rings. The van der Waals surface area contributed by atoms with Gasteiger partial charge in [0.2, 0.25) is 0 Å². The van der Waals surface area contributed by atoms with Crippen molar-refractivity contribution in [2.75, 3.05) is 13.7 Å². The van der Waals surface area contributed by atoms with E-state index >= 15 is 0 Å². The summed E-state index contributed by atoms with van der Waals surface area (Å²) in [7, 11) is 1.27. The van der Waals surface area contributed by atoms with Gasteiger partial charge in [-0.3, -0.25) is 0 Å². The molecular formula is C27H32N10O7. The van der Waals surface area contributed by atoms with E-state index in [1.807, 2.05) is 60.7 Å². The second kappa shape index (κ2) is 16.3. The Morgan fingerprint density at radius 2 is 1.52 bits per heavy atom. The average Bonchev–Trinajstić information content (AvgIpc) is 3.04. The Kier molecular flexibility index (Phi) is 12.0. The Bertz CT molecular complexity index is 1370. The monoisotopic (exact) mass is 608 g/mol. The van der Waals surface area contributed by atoms with Crippen LogP contribution in [0.15, 0.2) is 76.0 Å². The van der Waals surface area contributed by atoms with Gasteiger partial charge >= 0.3 is 6.09 Å². The van der Waals surface area contributed by atoms with Gasteiger partial charge in [-0.2, -0.15) is 0 Å². The second-order valence-electron chi connectivity index (χ2n) is 10.0. The van der Waals surface area contributed by atoms with E-state index in [4.69, 9.17) is 34.7 Å². The predicted molar refractivity (Wildman–Crippen MR) is 153 cm³/mol. The van der Waals surface area contributed by atoms with Crippen molar-refractivity contribution < 1.29 is 33.6 Å². The summed E-state index contributed by atoms with van der Waals surface area (Å²) in [5.41, 5.74) is 28.9. The van der Waals surface area contributed by atoms with Gasteiger partial charge in [0, 0.05) is 28.4 Å². The van der Waals surface area contributed by atoms with E-state index in [2.05, 4.69) is 30.1 Å². The van der Waals surface area contributed by atoms with E-state index in [9.17, 15) is 15.4 Å². The third-order valence-corrected chi connectivity index (χ3v) is 7.14. The molecule has 0 radical (unpaired) electrons. The minimum absolute atomic E-state index is 0.0824. The molecule has 232 valence electrons. The van der Waals surface area contributed by atoms with Gasteiger partial charge < -0.3 is 33.7 Å². The number of rotatable bonds is 12. The van der Waals surface area contributed by atoms with Crippen LogP contribution in [0, 0.1) is 0 Å². The van der Waals surface area contributed by atoms with Crippen molar-refractivity contribution in [2.45, 2.75) is 75.2 Å². The van der Waals surface area contributed by atoms with E-state index in [0.717, 1.165) is 11.1 Å². The van der Waals surface area contributed by atoms with E-state index in [0.29, 0.717) is 12.8 Å². The molecule has 0 spiro atoms. The number of hydrogen-bond donors (Lipinski definition) is 1. The Hall–Kier alpha value is -4.56. The van der Waals surface area contributed by atoms with Gasteiger partial charge in [-0.15, -0.1) is 0 Å². The van der Waals surface area contributed by atoms with Crippen molar-refractivity contribution in [2.24, 2.45) is 15.3 Å². The first-order chi connectivity index (χ1) is 21.5. The Labute approximate surface area is 252 Å². The maximum atomic E-state index is 13.3. The Morgan fingerprint density at radius 3 is 2.14 bits per heavy atom. The minimum Gasteiger partial charge on any atom is -0.445 e. The Balaban J connectivity index is 1.52. The van der Waals surface area contributed by atoms with Crippen LogP contribution in [-0.4, -0.2) is 79.0 Å². The van der Waals surface area contributed by atoms with Gasteiger partial charge in [-0.05, 0) is 40.6 Å². The molecule has 2 aromatic rings. The number of benzene rings is 2. The molecule has 0 bridgehead atoms. The molecule has 0 unspecified atom stereocenters. The van der Waals surface area contributed by atoms with Crippen LogP contribution in [-0.2, 0) is 36.8 Å². The van der Waals surface area contributed by atoms with Gasteiger partial charge in [0.1, 0.15) is 24.9 Å². The standard InChI is InChI=1S/C27H32N10O7/c1-40-22-21(38)23(25(33-36-30)44-24(22)32-35-29)43-26-20(31-34-28)13-12-19(42-26)15-37(14-17-8-4-2-5-9-17)27(39)41-16-18-10-6-3-7-11-18/h2-11,19-26,38H,12-16H2,1H3/t19-,20+,21+,22+,23-,24+,25-,26+/m0/s1. The first-order valence-electron chi connectivity index (χ1n) is 13.8. The van der Waals surface area contributed by atoms with Crippen molar-refractivity contribution in [1.82, 2.24) is 4.90 Å². The predicted octanol–water partition coefficient (Wildman–Crippen LogP) is 5.07. The third-order valence-electron chi connectivity index (χ3n) is 7.14. The van der Waals surface area contributed by atoms with Crippen molar-refractivity contribution in [3.05, 3.63) is 103 Å². The third kappa shape index (κ3) is 8.51. The zero-order chi connectivity index (χ0) is 31.3. The molecule has 8 atom stereocenters. The highest BCUT2D eigenvalue weighted by Crippen LogP contribution is 2.32. The molecule has 2 saturated heterocycles. The molecule has 1 N–H and O–H groups in total. The number of ether oxygens (including phenoxy) is 5. The molecule has 17 heteroatoms. The van der Waals surface area contributed by atoms with Crippen LogP contribution in [0.4, 0.5) is 4.79 Å². The van der Waals surface area contributed by atoms with Crippen molar-refractivity contribution in [3.8, 4) is 0 Å². The van der Waals surface area contributed by atoms with Gasteiger partial charge in [0.15, 0.2) is 18.7 Å². The molecule has 17 nitrogen and oxygen atoms in total. The normalized spacial score (nSPS) is 28.0. The zero-order valence-electron chi connectivity index (χ0n) is 23.8. The average molecular weight is 609 g/mol. The summed E-state index contributed by atoms with van der Waals surface area (Å²) in [6.07, 6.45) is -8.39. The summed E-state index contributed by atoms with van der Waals surface area (Å²) in [5, 5.41) is 21.8. The smallest absolute Gasteiger partial charge is 0.410 e. The van der Waals surface area contributed by atoms with Gasteiger partial charge in [-0.25, -0.2) is 4.79 Å². The van der Waals surface area contributed by atoms with Crippen LogP contribution in [0.2, 0.25) is 0 Å². The number of amides is 1. The first-order valence-corrected chi connectivity index (χ1v) is 13.8.